The minimum Gasteiger partial charge on any atom is -0.407 e. The Morgan fingerprint density at radius 2 is 1.77 bits per heavy atom. The van der Waals surface area contributed by atoms with Crippen molar-refractivity contribution in [1.82, 2.24) is 10.2 Å². The molecule has 0 unspecified atom stereocenters. The van der Waals surface area contributed by atoms with Crippen LogP contribution in [-0.2, 0) is 17.6 Å². The van der Waals surface area contributed by atoms with Gasteiger partial charge < -0.3 is 4.42 Å². The minimum atomic E-state index is -0.201. The molecule has 0 radical (unpaired) electrons. The summed E-state index contributed by atoms with van der Waals surface area (Å²) in [5, 5.41) is 11.1. The van der Waals surface area contributed by atoms with Gasteiger partial charge in [0.1, 0.15) is 0 Å². The van der Waals surface area contributed by atoms with Crippen molar-refractivity contribution >= 4 is 35.3 Å². The van der Waals surface area contributed by atoms with Crippen LogP contribution in [0, 0.1) is 0 Å². The molecular formula is C19H18ClN3O2S. The highest BCUT2D eigenvalue weighted by atomic mass is 35.5. The molecular weight excluding hydrogens is 370 g/mol. The van der Waals surface area contributed by atoms with Crippen LogP contribution in [0.2, 0.25) is 5.02 Å². The van der Waals surface area contributed by atoms with Crippen LogP contribution in [0.4, 0.5) is 6.01 Å². The standard InChI is InChI=1S/C19H18ClN3O2S/c1-2-13-3-5-14(6-4-13)11-18-22-23-19(25-18)21-17(24)12-26-16-9-7-15(20)8-10-16/h3-10H,2,11-12H2,1H3,(H,21,23,24). The van der Waals surface area contributed by atoms with E-state index in [2.05, 4.69) is 34.6 Å². The third-order valence-electron chi connectivity index (χ3n) is 3.68. The second-order valence-corrected chi connectivity index (χ2v) is 7.12. The van der Waals surface area contributed by atoms with Crippen LogP contribution in [0.25, 0.3) is 0 Å². The Morgan fingerprint density at radius 1 is 1.08 bits per heavy atom. The lowest BCUT2D eigenvalue weighted by molar-refractivity contribution is -0.113. The number of carbonyl (C=O) groups is 1. The minimum absolute atomic E-state index is 0.117. The molecule has 7 heteroatoms. The van der Waals surface area contributed by atoms with E-state index >= 15 is 0 Å². The molecule has 26 heavy (non-hydrogen) atoms. The number of anilines is 1. The molecule has 0 atom stereocenters. The van der Waals surface area contributed by atoms with Gasteiger partial charge in [0.2, 0.25) is 11.8 Å². The van der Waals surface area contributed by atoms with Gasteiger partial charge in [-0.15, -0.1) is 16.9 Å². The molecule has 0 saturated carbocycles. The lowest BCUT2D eigenvalue weighted by Crippen LogP contribution is -2.14. The zero-order valence-electron chi connectivity index (χ0n) is 14.2. The number of aromatic nitrogens is 2. The molecule has 1 heterocycles. The van der Waals surface area contributed by atoms with Gasteiger partial charge in [0, 0.05) is 9.92 Å². The predicted octanol–water partition coefficient (Wildman–Crippen LogP) is 4.61. The molecule has 1 N–H and O–H groups in total. The van der Waals surface area contributed by atoms with Gasteiger partial charge in [0.05, 0.1) is 12.2 Å². The Hall–Kier alpha value is -2.31. The number of nitrogens with one attached hydrogen (secondary N) is 1. The van der Waals surface area contributed by atoms with Gasteiger partial charge in [-0.25, -0.2) is 0 Å². The molecule has 0 aliphatic heterocycles. The lowest BCUT2D eigenvalue weighted by Gasteiger charge is -2.02. The van der Waals surface area contributed by atoms with Crippen molar-refractivity contribution in [3.8, 4) is 0 Å². The number of amides is 1. The summed E-state index contributed by atoms with van der Waals surface area (Å²) in [6.07, 6.45) is 1.54. The second kappa shape index (κ2) is 8.87. The Labute approximate surface area is 161 Å². The Bertz CT molecular complexity index is 863. The van der Waals surface area contributed by atoms with Crippen LogP contribution in [0.1, 0.15) is 23.9 Å². The number of halogens is 1. The summed E-state index contributed by atoms with van der Waals surface area (Å²) < 4.78 is 5.50. The van der Waals surface area contributed by atoms with Crippen molar-refractivity contribution in [3.05, 3.63) is 70.6 Å². The number of benzene rings is 2. The summed E-state index contributed by atoms with van der Waals surface area (Å²) in [4.78, 5) is 13.0. The number of carbonyl (C=O) groups excluding carboxylic acids is 1. The van der Waals surface area contributed by atoms with Gasteiger partial charge in [-0.05, 0) is 41.8 Å². The fourth-order valence-corrected chi connectivity index (χ4v) is 3.10. The molecule has 0 fully saturated rings. The average molecular weight is 388 g/mol. The summed E-state index contributed by atoms with van der Waals surface area (Å²) in [6, 6.07) is 15.7. The smallest absolute Gasteiger partial charge is 0.322 e. The van der Waals surface area contributed by atoms with Crippen molar-refractivity contribution in [3.63, 3.8) is 0 Å². The summed E-state index contributed by atoms with van der Waals surface area (Å²) in [5.41, 5.74) is 2.37. The van der Waals surface area contributed by atoms with Gasteiger partial charge in [-0.1, -0.05) is 47.9 Å². The third-order valence-corrected chi connectivity index (χ3v) is 4.95. The SMILES string of the molecule is CCc1ccc(Cc2nnc(NC(=O)CSc3ccc(Cl)cc3)o2)cc1. The van der Waals surface area contributed by atoms with Crippen molar-refractivity contribution in [2.75, 3.05) is 11.1 Å². The van der Waals surface area contributed by atoms with Crippen molar-refractivity contribution in [2.24, 2.45) is 0 Å². The highest BCUT2D eigenvalue weighted by Gasteiger charge is 2.11. The average Bonchev–Trinajstić information content (AvgIpc) is 3.08. The van der Waals surface area contributed by atoms with Gasteiger partial charge >= 0.3 is 6.01 Å². The maximum absolute atomic E-state index is 12.0. The van der Waals surface area contributed by atoms with Crippen molar-refractivity contribution < 1.29 is 9.21 Å². The first-order valence-corrected chi connectivity index (χ1v) is 9.57. The molecule has 0 aliphatic carbocycles. The highest BCUT2D eigenvalue weighted by Crippen LogP contribution is 2.20. The van der Waals surface area contributed by atoms with Gasteiger partial charge in [0.15, 0.2) is 0 Å². The Morgan fingerprint density at radius 3 is 2.46 bits per heavy atom. The molecule has 0 aliphatic rings. The van der Waals surface area contributed by atoms with Crippen LogP contribution in [-0.4, -0.2) is 21.9 Å². The van der Waals surface area contributed by atoms with E-state index in [0.717, 1.165) is 16.9 Å². The van der Waals surface area contributed by atoms with Crippen molar-refractivity contribution in [2.45, 2.75) is 24.7 Å². The van der Waals surface area contributed by atoms with E-state index in [-0.39, 0.29) is 17.7 Å². The topological polar surface area (TPSA) is 68.0 Å². The highest BCUT2D eigenvalue weighted by molar-refractivity contribution is 8.00. The van der Waals surface area contributed by atoms with Crippen LogP contribution < -0.4 is 5.32 Å². The lowest BCUT2D eigenvalue weighted by atomic mass is 10.1. The number of rotatable bonds is 7. The largest absolute Gasteiger partial charge is 0.407 e. The van der Waals surface area contributed by atoms with E-state index in [9.17, 15) is 4.79 Å². The van der Waals surface area contributed by atoms with E-state index in [1.54, 1.807) is 12.1 Å². The monoisotopic (exact) mass is 387 g/mol. The van der Waals surface area contributed by atoms with E-state index in [0.29, 0.717) is 17.3 Å². The van der Waals surface area contributed by atoms with E-state index in [1.807, 2.05) is 24.3 Å². The van der Waals surface area contributed by atoms with Crippen LogP contribution in [0.5, 0.6) is 0 Å². The number of nitrogens with zero attached hydrogens (tertiary/aromatic N) is 2. The predicted molar refractivity (Wildman–Crippen MR) is 104 cm³/mol. The molecule has 2 aromatic carbocycles. The number of hydrogen-bond acceptors (Lipinski definition) is 5. The van der Waals surface area contributed by atoms with E-state index in [1.165, 1.54) is 17.3 Å². The number of thioether (sulfide) groups is 1. The fourth-order valence-electron chi connectivity index (χ4n) is 2.28. The second-order valence-electron chi connectivity index (χ2n) is 5.64. The molecule has 3 aromatic rings. The molecule has 3 rings (SSSR count). The van der Waals surface area contributed by atoms with Crippen molar-refractivity contribution in [1.29, 1.82) is 0 Å². The van der Waals surface area contributed by atoms with E-state index < -0.39 is 0 Å². The van der Waals surface area contributed by atoms with Crippen LogP contribution >= 0.6 is 23.4 Å². The molecule has 5 nitrogen and oxygen atoms in total. The summed E-state index contributed by atoms with van der Waals surface area (Å²) in [7, 11) is 0. The molecule has 134 valence electrons. The fraction of sp³-hybridized carbons (Fsp3) is 0.211. The number of aryl methyl sites for hydroxylation is 1. The van der Waals surface area contributed by atoms with Gasteiger partial charge in [-0.3, -0.25) is 10.1 Å². The summed E-state index contributed by atoms with van der Waals surface area (Å²) >= 11 is 7.25. The first-order chi connectivity index (χ1) is 12.6. The van der Waals surface area contributed by atoms with Gasteiger partial charge in [-0.2, -0.15) is 0 Å². The Balaban J connectivity index is 1.50. The third kappa shape index (κ3) is 5.34. The quantitative estimate of drug-likeness (QED) is 0.599. The van der Waals surface area contributed by atoms with E-state index in [4.69, 9.17) is 16.0 Å². The summed E-state index contributed by atoms with van der Waals surface area (Å²) in [5.74, 6) is 0.514. The molecule has 0 bridgehead atoms. The zero-order chi connectivity index (χ0) is 18.4. The van der Waals surface area contributed by atoms with Crippen LogP contribution in [0.15, 0.2) is 57.8 Å². The first-order valence-electron chi connectivity index (χ1n) is 8.21. The van der Waals surface area contributed by atoms with Gasteiger partial charge in [0.25, 0.3) is 0 Å². The normalized spacial score (nSPS) is 10.7. The molecule has 1 amide bonds. The zero-order valence-corrected chi connectivity index (χ0v) is 15.8. The molecule has 0 spiro atoms. The summed E-state index contributed by atoms with van der Waals surface area (Å²) in [6.45, 7) is 2.12. The molecule has 0 saturated heterocycles. The molecule has 1 aromatic heterocycles. The number of hydrogen-bond donors (Lipinski definition) is 1. The van der Waals surface area contributed by atoms with Crippen LogP contribution in [0.3, 0.4) is 0 Å². The maximum atomic E-state index is 12.0. The first kappa shape index (κ1) is 18.5. The Kier molecular flexibility index (Phi) is 6.30. The maximum Gasteiger partial charge on any atom is 0.322 e.